The van der Waals surface area contributed by atoms with Crippen LogP contribution >= 0.6 is 22.9 Å². The van der Waals surface area contributed by atoms with Gasteiger partial charge in [0.2, 0.25) is 0 Å². The lowest BCUT2D eigenvalue weighted by atomic mass is 10.0. The highest BCUT2D eigenvalue weighted by Crippen LogP contribution is 2.36. The third-order valence-electron chi connectivity index (χ3n) is 4.33. The van der Waals surface area contributed by atoms with Crippen molar-refractivity contribution in [2.24, 2.45) is 0 Å². The van der Waals surface area contributed by atoms with Gasteiger partial charge in [0.15, 0.2) is 0 Å². The maximum absolute atomic E-state index is 13.0. The fourth-order valence-corrected chi connectivity index (χ4v) is 4.45. The summed E-state index contributed by atoms with van der Waals surface area (Å²) in [6.07, 6.45) is 4.66. The zero-order valence-electron chi connectivity index (χ0n) is 13.0. The molecule has 1 unspecified atom stereocenters. The van der Waals surface area contributed by atoms with Crippen LogP contribution in [0.25, 0.3) is 10.2 Å². The van der Waals surface area contributed by atoms with Gasteiger partial charge < -0.3 is 4.90 Å². The molecule has 0 bridgehead atoms. The number of piperidine rings is 1. The van der Waals surface area contributed by atoms with E-state index in [0.717, 1.165) is 41.0 Å². The summed E-state index contributed by atoms with van der Waals surface area (Å²) < 4.78 is 1.16. The number of carbonyl (C=O) groups is 1. The van der Waals surface area contributed by atoms with Crippen LogP contribution in [-0.4, -0.2) is 27.3 Å². The van der Waals surface area contributed by atoms with Crippen LogP contribution in [0.1, 0.15) is 40.7 Å². The zero-order chi connectivity index (χ0) is 16.5. The van der Waals surface area contributed by atoms with E-state index in [9.17, 15) is 4.79 Å². The number of nitrogens with zero attached hydrogens (tertiary/aromatic N) is 3. The maximum Gasteiger partial charge on any atom is 0.254 e. The molecule has 24 heavy (non-hydrogen) atoms. The summed E-state index contributed by atoms with van der Waals surface area (Å²) in [6.45, 7) is 0.749. The first-order valence-electron chi connectivity index (χ1n) is 8.00. The molecule has 1 aliphatic heterocycles. The number of likely N-dealkylation sites (tertiary alicyclic amines) is 1. The number of amides is 1. The van der Waals surface area contributed by atoms with Crippen LogP contribution in [0.4, 0.5) is 0 Å². The van der Waals surface area contributed by atoms with E-state index in [1.165, 1.54) is 0 Å². The normalized spacial score (nSPS) is 18.0. The summed E-state index contributed by atoms with van der Waals surface area (Å²) in [7, 11) is 0. The first-order valence-corrected chi connectivity index (χ1v) is 9.20. The molecule has 2 aromatic heterocycles. The van der Waals surface area contributed by atoms with E-state index in [2.05, 4.69) is 11.1 Å². The molecule has 6 heteroatoms. The van der Waals surface area contributed by atoms with Gasteiger partial charge in [0.05, 0.1) is 16.3 Å². The van der Waals surface area contributed by atoms with Crippen molar-refractivity contribution in [3.05, 3.63) is 58.3 Å². The van der Waals surface area contributed by atoms with Crippen LogP contribution in [0.3, 0.4) is 0 Å². The zero-order valence-corrected chi connectivity index (χ0v) is 14.6. The lowest BCUT2D eigenvalue weighted by Crippen LogP contribution is -2.38. The Hall–Kier alpha value is -1.98. The van der Waals surface area contributed by atoms with Crippen LogP contribution in [0, 0.1) is 0 Å². The molecular weight excluding hydrogens is 342 g/mol. The second-order valence-corrected chi connectivity index (χ2v) is 7.35. The van der Waals surface area contributed by atoms with Crippen molar-refractivity contribution in [2.75, 3.05) is 6.54 Å². The van der Waals surface area contributed by atoms with Gasteiger partial charge in [-0.1, -0.05) is 23.7 Å². The molecule has 0 spiro atoms. The van der Waals surface area contributed by atoms with E-state index in [0.29, 0.717) is 10.7 Å². The number of para-hydroxylation sites is 1. The smallest absolute Gasteiger partial charge is 0.254 e. The third-order valence-corrected chi connectivity index (χ3v) is 5.68. The van der Waals surface area contributed by atoms with Gasteiger partial charge >= 0.3 is 0 Å². The van der Waals surface area contributed by atoms with Crippen LogP contribution < -0.4 is 0 Å². The minimum absolute atomic E-state index is 0.00301. The average molecular weight is 358 g/mol. The molecule has 0 aliphatic carbocycles. The monoisotopic (exact) mass is 357 g/mol. The third kappa shape index (κ3) is 2.89. The fraction of sp³-hybridized carbons (Fsp3) is 0.278. The highest BCUT2D eigenvalue weighted by molar-refractivity contribution is 7.18. The molecule has 0 radical (unpaired) electrons. The van der Waals surface area contributed by atoms with Gasteiger partial charge in [-0.05, 0) is 43.5 Å². The van der Waals surface area contributed by atoms with E-state index in [-0.39, 0.29) is 11.9 Å². The molecule has 3 aromatic rings. The summed E-state index contributed by atoms with van der Waals surface area (Å²) in [4.78, 5) is 23.6. The molecule has 4 nitrogen and oxygen atoms in total. The Bertz CT molecular complexity index is 862. The molecule has 0 saturated carbocycles. The Balaban J connectivity index is 1.69. The van der Waals surface area contributed by atoms with Gasteiger partial charge in [-0.15, -0.1) is 11.3 Å². The molecule has 0 N–H and O–H groups in total. The highest BCUT2D eigenvalue weighted by Gasteiger charge is 2.31. The number of hydrogen-bond donors (Lipinski definition) is 0. The molecule has 1 aliphatic rings. The van der Waals surface area contributed by atoms with Crippen LogP contribution in [0.15, 0.2) is 42.6 Å². The van der Waals surface area contributed by atoms with Gasteiger partial charge in [0, 0.05) is 18.3 Å². The standard InChI is InChI=1S/C18H16ClN3OS/c19-16-11-12(8-9-20-16)18(23)22-10-4-3-6-14(22)17-21-13-5-1-2-7-15(13)24-17/h1-2,5,7-9,11,14H,3-4,6,10H2. The lowest BCUT2D eigenvalue weighted by molar-refractivity contribution is 0.0611. The van der Waals surface area contributed by atoms with Gasteiger partial charge in [-0.3, -0.25) is 4.79 Å². The predicted octanol–water partition coefficient (Wildman–Crippen LogP) is 4.71. The minimum atomic E-state index is 0.00301. The first kappa shape index (κ1) is 15.5. The maximum atomic E-state index is 13.0. The highest BCUT2D eigenvalue weighted by atomic mass is 35.5. The second kappa shape index (κ2) is 6.49. The number of benzene rings is 1. The van der Waals surface area contributed by atoms with Crippen molar-refractivity contribution in [1.82, 2.24) is 14.9 Å². The molecule has 1 fully saturated rings. The van der Waals surface area contributed by atoms with Crippen molar-refractivity contribution in [1.29, 1.82) is 0 Å². The molecule has 1 atom stereocenters. The average Bonchev–Trinajstić information content (AvgIpc) is 3.05. The summed E-state index contributed by atoms with van der Waals surface area (Å²) >= 11 is 7.62. The van der Waals surface area contributed by atoms with E-state index in [1.54, 1.807) is 29.7 Å². The molecular formula is C18H16ClN3OS. The predicted molar refractivity (Wildman–Crippen MR) is 96.5 cm³/mol. The van der Waals surface area contributed by atoms with E-state index >= 15 is 0 Å². The number of rotatable bonds is 2. The summed E-state index contributed by atoms with van der Waals surface area (Å²) in [6, 6.07) is 11.5. The van der Waals surface area contributed by atoms with Crippen LogP contribution in [0.2, 0.25) is 5.15 Å². The van der Waals surface area contributed by atoms with E-state index in [4.69, 9.17) is 16.6 Å². The van der Waals surface area contributed by atoms with Gasteiger partial charge in [0.25, 0.3) is 5.91 Å². The first-order chi connectivity index (χ1) is 11.7. The lowest BCUT2D eigenvalue weighted by Gasteiger charge is -2.34. The number of halogens is 1. The van der Waals surface area contributed by atoms with Gasteiger partial charge in [-0.25, -0.2) is 9.97 Å². The number of carbonyl (C=O) groups excluding carboxylic acids is 1. The molecule has 3 heterocycles. The van der Waals surface area contributed by atoms with Crippen molar-refractivity contribution in [2.45, 2.75) is 25.3 Å². The summed E-state index contributed by atoms with van der Waals surface area (Å²) in [5.41, 5.74) is 1.59. The van der Waals surface area contributed by atoms with E-state index in [1.807, 2.05) is 23.1 Å². The SMILES string of the molecule is O=C(c1ccnc(Cl)c1)N1CCCCC1c1nc2ccccc2s1. The Morgan fingerprint density at radius 3 is 2.96 bits per heavy atom. The molecule has 1 saturated heterocycles. The molecule has 122 valence electrons. The molecule has 4 rings (SSSR count). The quantitative estimate of drug-likeness (QED) is 0.624. The summed E-state index contributed by atoms with van der Waals surface area (Å²) in [5.74, 6) is 0.00301. The summed E-state index contributed by atoms with van der Waals surface area (Å²) in [5, 5.41) is 1.36. The Morgan fingerprint density at radius 2 is 2.12 bits per heavy atom. The van der Waals surface area contributed by atoms with Crippen LogP contribution in [0.5, 0.6) is 0 Å². The van der Waals surface area contributed by atoms with E-state index < -0.39 is 0 Å². The van der Waals surface area contributed by atoms with Gasteiger partial charge in [-0.2, -0.15) is 0 Å². The largest absolute Gasteiger partial charge is 0.329 e. The number of pyridine rings is 1. The van der Waals surface area contributed by atoms with Gasteiger partial charge in [0.1, 0.15) is 10.2 Å². The van der Waals surface area contributed by atoms with Crippen molar-refractivity contribution in [3.8, 4) is 0 Å². The second-order valence-electron chi connectivity index (χ2n) is 5.90. The molecule has 1 aromatic carbocycles. The topological polar surface area (TPSA) is 46.1 Å². The number of hydrogen-bond acceptors (Lipinski definition) is 4. The Kier molecular flexibility index (Phi) is 4.21. The number of fused-ring (bicyclic) bond motifs is 1. The fourth-order valence-electron chi connectivity index (χ4n) is 3.17. The minimum Gasteiger partial charge on any atom is -0.329 e. The van der Waals surface area contributed by atoms with Crippen molar-refractivity contribution in [3.63, 3.8) is 0 Å². The Morgan fingerprint density at radius 1 is 1.25 bits per heavy atom. The van der Waals surface area contributed by atoms with Crippen molar-refractivity contribution < 1.29 is 4.79 Å². The number of thiazole rings is 1. The van der Waals surface area contributed by atoms with Crippen molar-refractivity contribution >= 4 is 39.1 Å². The number of aromatic nitrogens is 2. The Labute approximate surface area is 149 Å². The molecule has 1 amide bonds. The van der Waals surface area contributed by atoms with Crippen LogP contribution in [-0.2, 0) is 0 Å².